The summed E-state index contributed by atoms with van der Waals surface area (Å²) in [5.74, 6) is 0.150. The Kier molecular flexibility index (Phi) is 14.3. The third kappa shape index (κ3) is 10.6. The number of carbonyl (C=O) groups excluding carboxylic acids is 2. The second-order valence-corrected chi connectivity index (χ2v) is 6.71. The van der Waals surface area contributed by atoms with E-state index in [9.17, 15) is 9.59 Å². The predicted molar refractivity (Wildman–Crippen MR) is 111 cm³/mol. The van der Waals surface area contributed by atoms with Crippen LogP contribution in [0.3, 0.4) is 0 Å². The van der Waals surface area contributed by atoms with Crippen molar-refractivity contribution in [1.29, 1.82) is 0 Å². The third-order valence-electron chi connectivity index (χ3n) is 3.59. The smallest absolute Gasteiger partial charge is 0.251 e. The molecule has 1 aromatic rings. The Balaban J connectivity index is 0. The molecule has 8 heteroatoms. The molecule has 0 fully saturated rings. The van der Waals surface area contributed by atoms with E-state index in [1.165, 1.54) is 0 Å². The van der Waals surface area contributed by atoms with Gasteiger partial charge in [0, 0.05) is 25.2 Å². The van der Waals surface area contributed by atoms with Crippen molar-refractivity contribution in [2.75, 3.05) is 27.2 Å². The summed E-state index contributed by atoms with van der Waals surface area (Å²) < 4.78 is 0. The number of nitrogens with zero attached hydrogens (tertiary/aromatic N) is 1. The first kappa shape index (κ1) is 26.9. The van der Waals surface area contributed by atoms with Gasteiger partial charge in [-0.1, -0.05) is 26.0 Å². The molecule has 4 N–H and O–H groups in total. The average molecular weight is 407 g/mol. The van der Waals surface area contributed by atoms with Gasteiger partial charge in [-0.2, -0.15) is 0 Å². The van der Waals surface area contributed by atoms with Gasteiger partial charge in [-0.25, -0.2) is 0 Å². The van der Waals surface area contributed by atoms with Crippen molar-refractivity contribution < 1.29 is 9.59 Å². The summed E-state index contributed by atoms with van der Waals surface area (Å²) in [6, 6.07) is 6.73. The Hall–Kier alpha value is -1.34. The molecule has 0 aliphatic heterocycles. The Bertz CT molecular complexity index is 536. The highest BCUT2D eigenvalue weighted by molar-refractivity contribution is 5.94. The van der Waals surface area contributed by atoms with E-state index in [2.05, 4.69) is 10.6 Å². The molecule has 0 aliphatic carbocycles. The number of benzene rings is 1. The lowest BCUT2D eigenvalue weighted by Crippen LogP contribution is -2.41. The number of nitrogens with one attached hydrogen (secondary N) is 2. The van der Waals surface area contributed by atoms with Gasteiger partial charge in [0.1, 0.15) is 0 Å². The zero-order chi connectivity index (χ0) is 18.1. The largest absolute Gasteiger partial charge is 0.351 e. The predicted octanol–water partition coefficient (Wildman–Crippen LogP) is 1.81. The van der Waals surface area contributed by atoms with Crippen LogP contribution in [0, 0.1) is 5.92 Å². The lowest BCUT2D eigenvalue weighted by Gasteiger charge is -2.14. The first-order chi connectivity index (χ1) is 11.3. The molecule has 1 atom stereocenters. The van der Waals surface area contributed by atoms with E-state index in [1.807, 2.05) is 45.0 Å². The molecule has 150 valence electrons. The van der Waals surface area contributed by atoms with Gasteiger partial charge in [0.25, 0.3) is 5.91 Å². The Morgan fingerprint density at radius 2 is 1.65 bits per heavy atom. The summed E-state index contributed by atoms with van der Waals surface area (Å²) in [6.45, 7) is 5.89. The number of amides is 2. The molecule has 0 saturated carbocycles. The summed E-state index contributed by atoms with van der Waals surface area (Å²) >= 11 is 0. The van der Waals surface area contributed by atoms with Crippen molar-refractivity contribution in [3.8, 4) is 0 Å². The molecule has 2 amide bonds. The number of likely N-dealkylation sites (N-methyl/N-ethyl adjacent to an activating group) is 1. The maximum Gasteiger partial charge on any atom is 0.251 e. The van der Waals surface area contributed by atoms with Crippen LogP contribution >= 0.6 is 24.8 Å². The molecular weight excluding hydrogens is 375 g/mol. The lowest BCUT2D eigenvalue weighted by atomic mass is 10.0. The molecule has 0 spiro atoms. The highest BCUT2D eigenvalue weighted by atomic mass is 35.5. The summed E-state index contributed by atoms with van der Waals surface area (Å²) in [5.41, 5.74) is 7.39. The molecule has 26 heavy (non-hydrogen) atoms. The SMILES string of the molecule is CC(C)C[C@H](N)C(=O)NCc1ccc(C(=O)NCCN(C)C)cc1.Cl.Cl. The van der Waals surface area contributed by atoms with Crippen LogP contribution in [-0.2, 0) is 11.3 Å². The van der Waals surface area contributed by atoms with Crippen LogP contribution in [0.1, 0.15) is 36.2 Å². The van der Waals surface area contributed by atoms with Crippen LogP contribution in [0.15, 0.2) is 24.3 Å². The fourth-order valence-electron chi connectivity index (χ4n) is 2.20. The Morgan fingerprint density at radius 1 is 1.08 bits per heavy atom. The van der Waals surface area contributed by atoms with E-state index in [0.29, 0.717) is 31.0 Å². The van der Waals surface area contributed by atoms with Gasteiger partial charge in [-0.05, 0) is 44.1 Å². The Morgan fingerprint density at radius 3 is 2.15 bits per heavy atom. The van der Waals surface area contributed by atoms with Crippen molar-refractivity contribution in [3.05, 3.63) is 35.4 Å². The molecule has 1 rings (SSSR count). The summed E-state index contributed by atoms with van der Waals surface area (Å²) in [6.07, 6.45) is 0.665. The Labute approximate surface area is 169 Å². The van der Waals surface area contributed by atoms with Gasteiger partial charge in [0.05, 0.1) is 6.04 Å². The van der Waals surface area contributed by atoms with Crippen molar-refractivity contribution >= 4 is 36.6 Å². The fraction of sp³-hybridized carbons (Fsp3) is 0.556. The minimum atomic E-state index is -0.480. The normalized spacial score (nSPS) is 11.3. The van der Waals surface area contributed by atoms with Crippen LogP contribution < -0.4 is 16.4 Å². The molecule has 0 aromatic heterocycles. The van der Waals surface area contributed by atoms with Crippen molar-refractivity contribution in [1.82, 2.24) is 15.5 Å². The second kappa shape index (κ2) is 13.8. The number of hydrogen-bond donors (Lipinski definition) is 3. The van der Waals surface area contributed by atoms with E-state index in [-0.39, 0.29) is 36.6 Å². The van der Waals surface area contributed by atoms with Crippen molar-refractivity contribution in [2.24, 2.45) is 11.7 Å². The maximum absolute atomic E-state index is 12.0. The zero-order valence-electron chi connectivity index (χ0n) is 16.0. The quantitative estimate of drug-likeness (QED) is 0.583. The number of nitrogens with two attached hydrogens (primary N) is 1. The zero-order valence-corrected chi connectivity index (χ0v) is 17.6. The third-order valence-corrected chi connectivity index (χ3v) is 3.59. The van der Waals surface area contributed by atoms with Gasteiger partial charge < -0.3 is 21.3 Å². The standard InChI is InChI=1S/C18H30N4O2.2ClH/c1-13(2)11-16(19)18(24)21-12-14-5-7-15(8-6-14)17(23)20-9-10-22(3)4;;/h5-8,13,16H,9-12,19H2,1-4H3,(H,20,23)(H,21,24);2*1H/t16-;;/m0../s1. The summed E-state index contributed by atoms with van der Waals surface area (Å²) in [7, 11) is 3.92. The molecule has 0 heterocycles. The van der Waals surface area contributed by atoms with E-state index < -0.39 is 6.04 Å². The van der Waals surface area contributed by atoms with Gasteiger partial charge >= 0.3 is 0 Å². The van der Waals surface area contributed by atoms with E-state index in [1.54, 1.807) is 12.1 Å². The van der Waals surface area contributed by atoms with Crippen LogP contribution in [0.2, 0.25) is 0 Å². The highest BCUT2D eigenvalue weighted by Crippen LogP contribution is 2.06. The van der Waals surface area contributed by atoms with Crippen molar-refractivity contribution in [3.63, 3.8) is 0 Å². The number of hydrogen-bond acceptors (Lipinski definition) is 4. The second-order valence-electron chi connectivity index (χ2n) is 6.71. The molecule has 0 aliphatic rings. The maximum atomic E-state index is 12.0. The first-order valence-corrected chi connectivity index (χ1v) is 8.34. The van der Waals surface area contributed by atoms with Gasteiger partial charge in [-0.15, -0.1) is 24.8 Å². The monoisotopic (exact) mass is 406 g/mol. The van der Waals surface area contributed by atoms with E-state index >= 15 is 0 Å². The summed E-state index contributed by atoms with van der Waals surface area (Å²) in [4.78, 5) is 25.9. The van der Waals surface area contributed by atoms with Crippen LogP contribution in [0.4, 0.5) is 0 Å². The fourth-order valence-corrected chi connectivity index (χ4v) is 2.20. The van der Waals surface area contributed by atoms with Gasteiger partial charge in [0.2, 0.25) is 5.91 Å². The van der Waals surface area contributed by atoms with E-state index in [0.717, 1.165) is 12.1 Å². The number of rotatable bonds is 9. The van der Waals surface area contributed by atoms with Gasteiger partial charge in [0.15, 0.2) is 0 Å². The molecular formula is C18H32Cl2N4O2. The van der Waals surface area contributed by atoms with E-state index in [4.69, 9.17) is 5.73 Å². The molecule has 0 unspecified atom stereocenters. The summed E-state index contributed by atoms with van der Waals surface area (Å²) in [5, 5.41) is 5.70. The number of halogens is 2. The molecule has 1 aromatic carbocycles. The topological polar surface area (TPSA) is 87.5 Å². The van der Waals surface area contributed by atoms with Crippen LogP contribution in [0.25, 0.3) is 0 Å². The minimum absolute atomic E-state index is 0. The highest BCUT2D eigenvalue weighted by Gasteiger charge is 2.14. The lowest BCUT2D eigenvalue weighted by molar-refractivity contribution is -0.122. The average Bonchev–Trinajstić information content (AvgIpc) is 2.51. The minimum Gasteiger partial charge on any atom is -0.351 e. The molecule has 6 nitrogen and oxygen atoms in total. The molecule has 0 radical (unpaired) electrons. The number of carbonyl (C=O) groups is 2. The van der Waals surface area contributed by atoms with Gasteiger partial charge in [-0.3, -0.25) is 9.59 Å². The first-order valence-electron chi connectivity index (χ1n) is 8.34. The molecule has 0 bridgehead atoms. The van der Waals surface area contributed by atoms with Crippen LogP contribution in [-0.4, -0.2) is 49.9 Å². The van der Waals surface area contributed by atoms with Crippen molar-refractivity contribution in [2.45, 2.75) is 32.9 Å². The van der Waals surface area contributed by atoms with Crippen LogP contribution in [0.5, 0.6) is 0 Å². The molecule has 0 saturated heterocycles.